The average Bonchev–Trinajstić information content (AvgIpc) is 2.56. The molecule has 0 aliphatic rings. The second-order valence-electron chi connectivity index (χ2n) is 5.38. The van der Waals surface area contributed by atoms with Crippen LogP contribution in [0.15, 0.2) is 46.9 Å². The lowest BCUT2D eigenvalue weighted by atomic mass is 10.2. The molecule has 2 rings (SSSR count). The zero-order chi connectivity index (χ0) is 17.4. The molecule has 0 fully saturated rings. The van der Waals surface area contributed by atoms with E-state index in [0.29, 0.717) is 5.11 Å². The third-order valence-electron chi connectivity index (χ3n) is 3.35. The minimum atomic E-state index is 0.666. The smallest absolute Gasteiger partial charge is 0.170 e. The van der Waals surface area contributed by atoms with E-state index in [1.54, 1.807) is 0 Å². The van der Waals surface area contributed by atoms with E-state index in [9.17, 15) is 0 Å². The normalized spacial score (nSPS) is 10.5. The molecule has 0 radical (unpaired) electrons. The van der Waals surface area contributed by atoms with Crippen LogP contribution in [0.3, 0.4) is 0 Å². The van der Waals surface area contributed by atoms with Crippen molar-refractivity contribution in [1.82, 2.24) is 5.32 Å². The molecule has 0 aromatic heterocycles. The Bertz CT molecular complexity index is 677. The van der Waals surface area contributed by atoms with Gasteiger partial charge in [0.2, 0.25) is 0 Å². The topological polar surface area (TPSA) is 24.1 Å². The number of thioether (sulfide) groups is 1. The molecule has 2 aromatic carbocycles. The van der Waals surface area contributed by atoms with Gasteiger partial charge < -0.3 is 10.6 Å². The molecule has 0 spiro atoms. The molecular weight excluding hydrogens is 424 g/mol. The van der Waals surface area contributed by atoms with Crippen LogP contribution in [-0.2, 0) is 5.75 Å². The minimum Gasteiger partial charge on any atom is -0.362 e. The summed E-state index contributed by atoms with van der Waals surface area (Å²) in [5, 5.41) is 7.91. The quantitative estimate of drug-likeness (QED) is 0.403. The number of halogens is 2. The lowest BCUT2D eigenvalue weighted by Gasteiger charge is -2.11. The van der Waals surface area contributed by atoms with Gasteiger partial charge in [0.15, 0.2) is 5.11 Å². The lowest BCUT2D eigenvalue weighted by molar-refractivity contribution is 0.854. The van der Waals surface area contributed by atoms with E-state index < -0.39 is 0 Å². The van der Waals surface area contributed by atoms with Crippen LogP contribution < -0.4 is 10.6 Å². The van der Waals surface area contributed by atoms with E-state index in [-0.39, 0.29) is 0 Å². The number of rotatable bonds is 7. The maximum atomic E-state index is 5.88. The molecule has 24 heavy (non-hydrogen) atoms. The Hall–Kier alpha value is -0.750. The summed E-state index contributed by atoms with van der Waals surface area (Å²) < 4.78 is 1.10. The summed E-state index contributed by atoms with van der Waals surface area (Å²) >= 11 is 16.6. The summed E-state index contributed by atoms with van der Waals surface area (Å²) in [6.45, 7) is 2.93. The predicted octanol–water partition coefficient (Wildman–Crippen LogP) is 6.02. The first-order chi connectivity index (χ1) is 11.5. The van der Waals surface area contributed by atoms with Crippen LogP contribution in [-0.4, -0.2) is 17.4 Å². The molecule has 128 valence electrons. The zero-order valence-electron chi connectivity index (χ0n) is 13.4. The minimum absolute atomic E-state index is 0.666. The van der Waals surface area contributed by atoms with Crippen molar-refractivity contribution in [3.63, 3.8) is 0 Å². The maximum Gasteiger partial charge on any atom is 0.170 e. The summed E-state index contributed by atoms with van der Waals surface area (Å²) in [5.74, 6) is 2.10. The number of benzene rings is 2. The molecule has 0 unspecified atom stereocenters. The van der Waals surface area contributed by atoms with Gasteiger partial charge in [0, 0.05) is 27.5 Å². The molecule has 0 saturated heterocycles. The Morgan fingerprint density at radius 3 is 2.67 bits per heavy atom. The molecule has 0 aliphatic heterocycles. The molecule has 0 atom stereocenters. The van der Waals surface area contributed by atoms with Gasteiger partial charge in [-0.05, 0) is 72.8 Å². The monoisotopic (exact) mass is 442 g/mol. The first-order valence-corrected chi connectivity index (χ1v) is 10.4. The fraction of sp³-hybridized carbons (Fsp3) is 0.278. The lowest BCUT2D eigenvalue weighted by Crippen LogP contribution is -2.29. The van der Waals surface area contributed by atoms with Crippen LogP contribution in [0.4, 0.5) is 5.69 Å². The third-order valence-corrected chi connectivity index (χ3v) is 5.85. The fourth-order valence-electron chi connectivity index (χ4n) is 2.04. The highest BCUT2D eigenvalue weighted by Crippen LogP contribution is 2.20. The fourth-order valence-corrected chi connectivity index (χ4v) is 3.56. The largest absolute Gasteiger partial charge is 0.362 e. The highest BCUT2D eigenvalue weighted by atomic mass is 79.9. The summed E-state index contributed by atoms with van der Waals surface area (Å²) in [7, 11) is 0. The van der Waals surface area contributed by atoms with Crippen LogP contribution in [0, 0.1) is 6.92 Å². The van der Waals surface area contributed by atoms with Crippen molar-refractivity contribution in [3.05, 3.63) is 63.1 Å². The number of hydrogen-bond donors (Lipinski definition) is 2. The molecule has 2 aromatic rings. The Morgan fingerprint density at radius 1 is 1.21 bits per heavy atom. The molecule has 0 aliphatic carbocycles. The SMILES string of the molecule is Cc1cc(NC(=S)NCCCSCc2ccc(Cl)cc2)ccc1Br. The highest BCUT2D eigenvalue weighted by Gasteiger charge is 2.00. The van der Waals surface area contributed by atoms with Gasteiger partial charge in [-0.2, -0.15) is 11.8 Å². The van der Waals surface area contributed by atoms with Crippen LogP contribution in [0.2, 0.25) is 5.02 Å². The second kappa shape index (κ2) is 10.3. The van der Waals surface area contributed by atoms with Gasteiger partial charge in [0.25, 0.3) is 0 Å². The number of hydrogen-bond acceptors (Lipinski definition) is 2. The summed E-state index contributed by atoms with van der Waals surface area (Å²) in [4.78, 5) is 0. The second-order valence-corrected chi connectivity index (χ2v) is 8.18. The zero-order valence-corrected chi connectivity index (χ0v) is 17.4. The molecule has 0 saturated carbocycles. The van der Waals surface area contributed by atoms with Gasteiger partial charge in [-0.3, -0.25) is 0 Å². The first kappa shape index (κ1) is 19.6. The molecular formula is C18H20BrClN2S2. The Balaban J connectivity index is 1.59. The van der Waals surface area contributed by atoms with Crippen LogP contribution in [0.1, 0.15) is 17.5 Å². The average molecular weight is 444 g/mol. The molecule has 2 nitrogen and oxygen atoms in total. The van der Waals surface area contributed by atoms with Crippen molar-refractivity contribution in [2.75, 3.05) is 17.6 Å². The van der Waals surface area contributed by atoms with Crippen LogP contribution >= 0.6 is 51.5 Å². The van der Waals surface area contributed by atoms with E-state index in [0.717, 1.165) is 39.7 Å². The van der Waals surface area contributed by atoms with Crippen molar-refractivity contribution in [2.24, 2.45) is 0 Å². The van der Waals surface area contributed by atoms with Crippen molar-refractivity contribution in [2.45, 2.75) is 19.1 Å². The van der Waals surface area contributed by atoms with Gasteiger partial charge in [-0.15, -0.1) is 0 Å². The van der Waals surface area contributed by atoms with E-state index in [2.05, 4.69) is 51.7 Å². The molecule has 0 amide bonds. The van der Waals surface area contributed by atoms with E-state index in [4.69, 9.17) is 23.8 Å². The van der Waals surface area contributed by atoms with Crippen molar-refractivity contribution < 1.29 is 0 Å². The Kier molecular flexibility index (Phi) is 8.39. The van der Waals surface area contributed by atoms with Crippen molar-refractivity contribution in [1.29, 1.82) is 0 Å². The predicted molar refractivity (Wildman–Crippen MR) is 115 cm³/mol. The molecule has 2 N–H and O–H groups in total. The van der Waals surface area contributed by atoms with Crippen LogP contribution in [0.5, 0.6) is 0 Å². The molecule has 0 heterocycles. The number of aryl methyl sites for hydroxylation is 1. The van der Waals surface area contributed by atoms with Crippen molar-refractivity contribution in [3.8, 4) is 0 Å². The van der Waals surface area contributed by atoms with Crippen molar-refractivity contribution >= 4 is 62.3 Å². The first-order valence-electron chi connectivity index (χ1n) is 7.68. The number of thiocarbonyl (C=S) groups is 1. The van der Waals surface area contributed by atoms with E-state index >= 15 is 0 Å². The van der Waals surface area contributed by atoms with Gasteiger partial charge in [0.05, 0.1) is 0 Å². The summed E-state index contributed by atoms with van der Waals surface area (Å²) in [6.07, 6.45) is 1.07. The standard InChI is InChI=1S/C18H20BrClN2S2/c1-13-11-16(7-8-17(13)19)22-18(23)21-9-2-10-24-12-14-3-5-15(20)6-4-14/h3-8,11H,2,9-10,12H2,1H3,(H2,21,22,23). The summed E-state index contributed by atoms with van der Waals surface area (Å²) in [5.41, 5.74) is 3.49. The van der Waals surface area contributed by atoms with Crippen LogP contribution in [0.25, 0.3) is 0 Å². The Morgan fingerprint density at radius 2 is 1.96 bits per heavy atom. The van der Waals surface area contributed by atoms with Gasteiger partial charge in [0.1, 0.15) is 0 Å². The molecule has 0 bridgehead atoms. The van der Waals surface area contributed by atoms with Gasteiger partial charge >= 0.3 is 0 Å². The molecule has 6 heteroatoms. The van der Waals surface area contributed by atoms with E-state index in [1.807, 2.05) is 36.0 Å². The maximum absolute atomic E-state index is 5.88. The Labute approximate surface area is 166 Å². The van der Waals surface area contributed by atoms with Gasteiger partial charge in [-0.1, -0.05) is 39.7 Å². The summed E-state index contributed by atoms with van der Waals surface area (Å²) in [6, 6.07) is 14.1. The number of nitrogens with one attached hydrogen (secondary N) is 2. The number of anilines is 1. The van der Waals surface area contributed by atoms with E-state index in [1.165, 1.54) is 11.1 Å². The van der Waals surface area contributed by atoms with Gasteiger partial charge in [-0.25, -0.2) is 0 Å². The highest BCUT2D eigenvalue weighted by molar-refractivity contribution is 9.10. The third kappa shape index (κ3) is 7.01.